The van der Waals surface area contributed by atoms with Gasteiger partial charge in [0.15, 0.2) is 0 Å². The third kappa shape index (κ3) is 3.24. The third-order valence-electron chi connectivity index (χ3n) is 4.76. The molecule has 118 valence electrons. The summed E-state index contributed by atoms with van der Waals surface area (Å²) in [6.45, 7) is 9.44. The van der Waals surface area contributed by atoms with E-state index in [1.807, 2.05) is 13.8 Å². The molecule has 0 atom stereocenters. The highest BCUT2D eigenvalue weighted by atomic mass is 32.2. The Morgan fingerprint density at radius 1 is 1.19 bits per heavy atom. The smallest absolute Gasteiger partial charge is 0.243 e. The van der Waals surface area contributed by atoms with Gasteiger partial charge in [0.25, 0.3) is 0 Å². The number of sulfonamides is 1. The summed E-state index contributed by atoms with van der Waals surface area (Å²) in [5.41, 5.74) is 8.35. The van der Waals surface area contributed by atoms with E-state index in [0.29, 0.717) is 35.5 Å². The summed E-state index contributed by atoms with van der Waals surface area (Å²) in [4.78, 5) is 0.325. The lowest BCUT2D eigenvalue weighted by atomic mass is 9.87. The van der Waals surface area contributed by atoms with E-state index in [1.165, 1.54) is 0 Å². The van der Waals surface area contributed by atoms with Gasteiger partial charge >= 0.3 is 0 Å². The van der Waals surface area contributed by atoms with Gasteiger partial charge in [0.1, 0.15) is 0 Å². The minimum Gasteiger partial charge on any atom is -0.398 e. The molecule has 1 aliphatic heterocycles. The number of benzene rings is 1. The van der Waals surface area contributed by atoms with E-state index in [4.69, 9.17) is 5.73 Å². The van der Waals surface area contributed by atoms with Crippen molar-refractivity contribution in [3.63, 3.8) is 0 Å². The second-order valence-corrected chi connectivity index (χ2v) is 8.38. The van der Waals surface area contributed by atoms with Crippen LogP contribution in [0.1, 0.15) is 37.8 Å². The maximum Gasteiger partial charge on any atom is 0.243 e. The fraction of sp³-hybridized carbons (Fsp3) is 0.625. The van der Waals surface area contributed by atoms with Crippen molar-refractivity contribution in [2.24, 2.45) is 11.8 Å². The summed E-state index contributed by atoms with van der Waals surface area (Å²) in [7, 11) is -3.42. The van der Waals surface area contributed by atoms with Crippen molar-refractivity contribution in [3.05, 3.63) is 23.3 Å². The van der Waals surface area contributed by atoms with Gasteiger partial charge in [0.05, 0.1) is 4.90 Å². The number of anilines is 1. The summed E-state index contributed by atoms with van der Waals surface area (Å²) in [6.07, 6.45) is 1.88. The molecule has 0 radical (unpaired) electrons. The second kappa shape index (κ2) is 5.97. The third-order valence-corrected chi connectivity index (χ3v) is 6.64. The minimum absolute atomic E-state index is 0.325. The first-order valence-electron chi connectivity index (χ1n) is 7.60. The first-order valence-corrected chi connectivity index (χ1v) is 9.04. The molecule has 2 rings (SSSR count). The quantitative estimate of drug-likeness (QED) is 0.873. The van der Waals surface area contributed by atoms with Gasteiger partial charge in [0, 0.05) is 18.8 Å². The van der Waals surface area contributed by atoms with E-state index < -0.39 is 10.0 Å². The molecule has 0 saturated carbocycles. The first-order chi connectivity index (χ1) is 9.73. The van der Waals surface area contributed by atoms with E-state index in [2.05, 4.69) is 13.8 Å². The average Bonchev–Trinajstić information content (AvgIpc) is 2.44. The molecule has 1 fully saturated rings. The molecule has 0 aliphatic carbocycles. The van der Waals surface area contributed by atoms with E-state index in [1.54, 1.807) is 16.4 Å². The van der Waals surface area contributed by atoms with Crippen LogP contribution in [0.3, 0.4) is 0 Å². The Balaban J connectivity index is 2.24. The van der Waals surface area contributed by atoms with Gasteiger partial charge in [-0.2, -0.15) is 4.31 Å². The van der Waals surface area contributed by atoms with Crippen LogP contribution >= 0.6 is 0 Å². The SMILES string of the molecule is Cc1cc(S(=O)(=O)N2CCC(C(C)C)CC2)cc(N)c1C. The summed E-state index contributed by atoms with van der Waals surface area (Å²) in [6, 6.07) is 3.32. The van der Waals surface area contributed by atoms with Crippen molar-refractivity contribution in [2.45, 2.75) is 45.4 Å². The average molecular weight is 310 g/mol. The predicted octanol–water partition coefficient (Wildman–Crippen LogP) is 2.94. The standard InChI is InChI=1S/C16H26N2O2S/c1-11(2)14-5-7-18(8-6-14)21(19,20)15-9-12(3)13(4)16(17)10-15/h9-11,14H,5-8,17H2,1-4H3. The lowest BCUT2D eigenvalue weighted by Gasteiger charge is -2.33. The lowest BCUT2D eigenvalue weighted by Crippen LogP contribution is -2.39. The number of nitrogen functional groups attached to an aromatic ring is 1. The number of nitrogens with zero attached hydrogens (tertiary/aromatic N) is 1. The number of hydrogen-bond acceptors (Lipinski definition) is 3. The largest absolute Gasteiger partial charge is 0.398 e. The Hall–Kier alpha value is -1.07. The van der Waals surface area contributed by atoms with Crippen LogP contribution in [0.25, 0.3) is 0 Å². The van der Waals surface area contributed by atoms with Gasteiger partial charge < -0.3 is 5.73 Å². The number of nitrogens with two attached hydrogens (primary N) is 1. The van der Waals surface area contributed by atoms with E-state index in [0.717, 1.165) is 24.0 Å². The summed E-state index contributed by atoms with van der Waals surface area (Å²) in [5, 5.41) is 0. The highest BCUT2D eigenvalue weighted by molar-refractivity contribution is 7.89. The second-order valence-electron chi connectivity index (χ2n) is 6.44. The molecule has 5 heteroatoms. The van der Waals surface area contributed by atoms with Crippen LogP contribution in [-0.2, 0) is 10.0 Å². The zero-order chi connectivity index (χ0) is 15.8. The van der Waals surface area contributed by atoms with E-state index in [-0.39, 0.29) is 0 Å². The van der Waals surface area contributed by atoms with Crippen molar-refractivity contribution in [3.8, 4) is 0 Å². The van der Waals surface area contributed by atoms with Crippen molar-refractivity contribution in [1.29, 1.82) is 0 Å². The van der Waals surface area contributed by atoms with Gasteiger partial charge in [-0.3, -0.25) is 0 Å². The number of hydrogen-bond donors (Lipinski definition) is 1. The minimum atomic E-state index is -3.42. The fourth-order valence-electron chi connectivity index (χ4n) is 2.93. The zero-order valence-electron chi connectivity index (χ0n) is 13.4. The summed E-state index contributed by atoms with van der Waals surface area (Å²) in [5.74, 6) is 1.24. The Morgan fingerprint density at radius 2 is 1.76 bits per heavy atom. The Labute approximate surface area is 128 Å². The van der Waals surface area contributed by atoms with Crippen LogP contribution in [-0.4, -0.2) is 25.8 Å². The van der Waals surface area contributed by atoms with Gasteiger partial charge in [-0.05, 0) is 61.8 Å². The van der Waals surface area contributed by atoms with Gasteiger partial charge in [-0.25, -0.2) is 8.42 Å². The Kier molecular flexibility index (Phi) is 4.63. The lowest BCUT2D eigenvalue weighted by molar-refractivity contribution is 0.226. The molecule has 1 aromatic carbocycles. The molecule has 1 saturated heterocycles. The molecule has 1 heterocycles. The fourth-order valence-corrected chi connectivity index (χ4v) is 4.52. The van der Waals surface area contributed by atoms with Crippen LogP contribution in [0.4, 0.5) is 5.69 Å². The van der Waals surface area contributed by atoms with E-state index in [9.17, 15) is 8.42 Å². The highest BCUT2D eigenvalue weighted by Gasteiger charge is 2.30. The molecule has 1 aliphatic rings. The van der Waals surface area contributed by atoms with Crippen LogP contribution in [0.15, 0.2) is 17.0 Å². The van der Waals surface area contributed by atoms with Crippen molar-refractivity contribution in [1.82, 2.24) is 4.31 Å². The summed E-state index contributed by atoms with van der Waals surface area (Å²) < 4.78 is 27.1. The number of piperidine rings is 1. The van der Waals surface area contributed by atoms with Crippen LogP contribution in [0.5, 0.6) is 0 Å². The predicted molar refractivity (Wildman–Crippen MR) is 86.6 cm³/mol. The first kappa shape index (κ1) is 16.3. The van der Waals surface area contributed by atoms with E-state index >= 15 is 0 Å². The van der Waals surface area contributed by atoms with Gasteiger partial charge in [0.2, 0.25) is 10.0 Å². The maximum atomic E-state index is 12.7. The Bertz CT molecular complexity index is 592. The van der Waals surface area contributed by atoms with Crippen LogP contribution in [0.2, 0.25) is 0 Å². The van der Waals surface area contributed by atoms with Gasteiger partial charge in [-0.1, -0.05) is 13.8 Å². The summed E-state index contributed by atoms with van der Waals surface area (Å²) >= 11 is 0. The molecule has 0 amide bonds. The van der Waals surface area contributed by atoms with Gasteiger partial charge in [-0.15, -0.1) is 0 Å². The molecule has 4 nitrogen and oxygen atoms in total. The Morgan fingerprint density at radius 3 is 2.24 bits per heavy atom. The highest BCUT2D eigenvalue weighted by Crippen LogP contribution is 2.29. The zero-order valence-corrected chi connectivity index (χ0v) is 14.2. The molecule has 0 unspecified atom stereocenters. The topological polar surface area (TPSA) is 63.4 Å². The molecule has 21 heavy (non-hydrogen) atoms. The molecule has 0 aromatic heterocycles. The van der Waals surface area contributed by atoms with Crippen molar-refractivity contribution < 1.29 is 8.42 Å². The molecule has 0 spiro atoms. The van der Waals surface area contributed by atoms with Crippen LogP contribution in [0, 0.1) is 25.7 Å². The van der Waals surface area contributed by atoms with Crippen molar-refractivity contribution >= 4 is 15.7 Å². The van der Waals surface area contributed by atoms with Crippen LogP contribution < -0.4 is 5.73 Å². The number of rotatable bonds is 3. The normalized spacial score (nSPS) is 18.3. The molecule has 2 N–H and O–H groups in total. The number of aryl methyl sites for hydroxylation is 1. The maximum absolute atomic E-state index is 12.7. The molecule has 1 aromatic rings. The molecular formula is C16H26N2O2S. The monoisotopic (exact) mass is 310 g/mol. The van der Waals surface area contributed by atoms with Crippen molar-refractivity contribution in [2.75, 3.05) is 18.8 Å². The molecule has 0 bridgehead atoms. The molecular weight excluding hydrogens is 284 g/mol.